The first-order valence-electron chi connectivity index (χ1n) is 17.9. The van der Waals surface area contributed by atoms with Crippen LogP contribution in [0.5, 0.6) is 0 Å². The number of nitrogens with zero attached hydrogens (tertiary/aromatic N) is 4. The number of para-hydroxylation sites is 1. The third kappa shape index (κ3) is 4.30. The van der Waals surface area contributed by atoms with Gasteiger partial charge in [-0.3, -0.25) is 4.57 Å². The van der Waals surface area contributed by atoms with Gasteiger partial charge >= 0.3 is 0 Å². The van der Waals surface area contributed by atoms with E-state index >= 15 is 0 Å². The molecule has 0 saturated heterocycles. The monoisotopic (exact) mass is 680 g/mol. The molecule has 0 saturated carbocycles. The highest BCUT2D eigenvalue weighted by atomic mass is 28.3. The molecule has 0 aliphatic carbocycles. The molecule has 244 valence electrons. The average molecular weight is 681 g/mol. The van der Waals surface area contributed by atoms with Crippen LogP contribution in [0.2, 0.25) is 13.1 Å². The summed E-state index contributed by atoms with van der Waals surface area (Å²) >= 11 is 0. The zero-order valence-electron chi connectivity index (χ0n) is 28.8. The third-order valence-electron chi connectivity index (χ3n) is 11.2. The number of fused-ring (bicyclic) bond motifs is 20. The van der Waals surface area contributed by atoms with E-state index in [1.165, 1.54) is 43.6 Å². The number of hydrogen-bond acceptors (Lipinski definition) is 3. The van der Waals surface area contributed by atoms with Crippen molar-refractivity contribution in [2.45, 2.75) is 13.1 Å². The Kier molecular flexibility index (Phi) is 6.08. The Morgan fingerprint density at radius 3 is 1.62 bits per heavy atom. The van der Waals surface area contributed by atoms with Crippen LogP contribution < -0.4 is 10.4 Å². The minimum atomic E-state index is -1.92. The fourth-order valence-corrected chi connectivity index (χ4v) is 11.6. The first kappa shape index (κ1) is 29.3. The molecule has 0 N–H and O–H groups in total. The van der Waals surface area contributed by atoms with Crippen molar-refractivity contribution in [2.24, 2.45) is 0 Å². The second-order valence-electron chi connectivity index (χ2n) is 14.5. The molecule has 7 aromatic carbocycles. The molecule has 9 aromatic rings. The van der Waals surface area contributed by atoms with Gasteiger partial charge in [0.25, 0.3) is 0 Å². The van der Waals surface area contributed by atoms with Gasteiger partial charge in [-0.15, -0.1) is 0 Å². The molecule has 0 amide bonds. The van der Waals surface area contributed by atoms with Crippen molar-refractivity contribution >= 4 is 40.3 Å². The van der Waals surface area contributed by atoms with E-state index in [9.17, 15) is 0 Å². The van der Waals surface area contributed by atoms with E-state index in [1.54, 1.807) is 0 Å². The second kappa shape index (κ2) is 10.8. The molecule has 4 nitrogen and oxygen atoms in total. The van der Waals surface area contributed by atoms with Crippen molar-refractivity contribution in [1.82, 2.24) is 19.5 Å². The molecule has 0 radical (unpaired) electrons. The highest BCUT2D eigenvalue weighted by molar-refractivity contribution is 7.03. The van der Waals surface area contributed by atoms with Crippen LogP contribution in [0.15, 0.2) is 158 Å². The lowest BCUT2D eigenvalue weighted by atomic mass is 9.95. The van der Waals surface area contributed by atoms with E-state index in [4.69, 9.17) is 15.0 Å². The predicted molar refractivity (Wildman–Crippen MR) is 217 cm³/mol. The van der Waals surface area contributed by atoms with E-state index in [0.29, 0.717) is 17.6 Å². The fourth-order valence-electron chi connectivity index (χ4n) is 8.53. The minimum absolute atomic E-state index is 0.608. The molecule has 10 bridgehead atoms. The molecule has 2 aliphatic rings. The summed E-state index contributed by atoms with van der Waals surface area (Å²) in [5, 5.41) is 5.24. The van der Waals surface area contributed by atoms with Gasteiger partial charge < -0.3 is 0 Å². The van der Waals surface area contributed by atoms with E-state index in [1.807, 2.05) is 0 Å². The molecule has 52 heavy (non-hydrogen) atoms. The summed E-state index contributed by atoms with van der Waals surface area (Å²) in [5.74, 6) is 1.93. The summed E-state index contributed by atoms with van der Waals surface area (Å²) in [7, 11) is -1.92. The quantitative estimate of drug-likeness (QED) is 0.162. The standard InChI is InChI=1S/C47H32N4Si/c1-52(2)43-19-6-4-17-39(43)40-23-21-36(28-44(40)52)46-48-45-35-15-9-14-33(26-35)31-12-7-10-29(24-31)30-11-8-13-32(25-30)34-20-22-38-37-16-3-5-18-41(37)51(42(38)27-34)47(49-45)50-46/h3-28H,1-2H3. The van der Waals surface area contributed by atoms with E-state index in [0.717, 1.165) is 44.2 Å². The SMILES string of the molecule is C[Si]1(C)c2ccccc2-c2ccc(-c3nc4nc(n3)-n3c5ccccc5c5ccc(cc53)-c3cccc(c3)-c3cccc(c3)-c3cccc-4c3)cc21. The van der Waals surface area contributed by atoms with E-state index in [-0.39, 0.29) is 0 Å². The summed E-state index contributed by atoms with van der Waals surface area (Å²) in [6.07, 6.45) is 0. The van der Waals surface area contributed by atoms with Crippen LogP contribution in [0.25, 0.3) is 95.0 Å². The Balaban J connectivity index is 1.22. The molecule has 0 unspecified atom stereocenters. The average Bonchev–Trinajstić information content (AvgIpc) is 3.65. The smallest absolute Gasteiger partial charge is 0.238 e. The van der Waals surface area contributed by atoms with Gasteiger partial charge in [0.1, 0.15) is 8.07 Å². The fraction of sp³-hybridized carbons (Fsp3) is 0.0426. The first-order valence-corrected chi connectivity index (χ1v) is 20.9. The molecule has 0 spiro atoms. The van der Waals surface area contributed by atoms with Crippen LogP contribution in [0, 0.1) is 0 Å². The molecule has 4 heterocycles. The second-order valence-corrected chi connectivity index (χ2v) is 18.9. The van der Waals surface area contributed by atoms with Crippen LogP contribution in [-0.2, 0) is 0 Å². The van der Waals surface area contributed by atoms with Gasteiger partial charge in [-0.05, 0) is 85.2 Å². The highest BCUT2D eigenvalue weighted by Gasteiger charge is 2.37. The Hall–Kier alpha value is -6.43. The van der Waals surface area contributed by atoms with Crippen LogP contribution in [0.3, 0.4) is 0 Å². The first-order chi connectivity index (χ1) is 25.5. The van der Waals surface area contributed by atoms with E-state index in [2.05, 4.69) is 175 Å². The van der Waals surface area contributed by atoms with Crippen LogP contribution in [0.1, 0.15) is 0 Å². The third-order valence-corrected chi connectivity index (χ3v) is 14.7. The Morgan fingerprint density at radius 2 is 0.904 bits per heavy atom. The molecule has 5 heteroatoms. The van der Waals surface area contributed by atoms with Gasteiger partial charge in [0, 0.05) is 21.9 Å². The lowest BCUT2D eigenvalue weighted by Gasteiger charge is -2.19. The number of rotatable bonds is 1. The normalized spacial score (nSPS) is 13.3. The van der Waals surface area contributed by atoms with Gasteiger partial charge in [0.15, 0.2) is 11.6 Å². The van der Waals surface area contributed by atoms with Gasteiger partial charge in [0.05, 0.1) is 11.0 Å². The lowest BCUT2D eigenvalue weighted by molar-refractivity contribution is 0.954. The van der Waals surface area contributed by atoms with Crippen molar-refractivity contribution in [1.29, 1.82) is 0 Å². The molecule has 2 aliphatic heterocycles. The van der Waals surface area contributed by atoms with Crippen molar-refractivity contribution in [3.63, 3.8) is 0 Å². The maximum absolute atomic E-state index is 5.34. The van der Waals surface area contributed by atoms with Crippen LogP contribution in [0.4, 0.5) is 0 Å². The van der Waals surface area contributed by atoms with E-state index < -0.39 is 8.07 Å². The lowest BCUT2D eigenvalue weighted by Crippen LogP contribution is -2.49. The molecule has 2 aromatic heterocycles. The molecule has 0 atom stereocenters. The number of aromatic nitrogens is 4. The number of benzene rings is 7. The maximum atomic E-state index is 5.34. The van der Waals surface area contributed by atoms with Crippen molar-refractivity contribution in [2.75, 3.05) is 0 Å². The summed E-state index contributed by atoms with van der Waals surface area (Å²) in [6.45, 7) is 4.90. The Labute approximate surface area is 302 Å². The predicted octanol–water partition coefficient (Wildman–Crippen LogP) is 10.4. The highest BCUT2D eigenvalue weighted by Crippen LogP contribution is 2.38. The van der Waals surface area contributed by atoms with Crippen molar-refractivity contribution < 1.29 is 0 Å². The summed E-state index contributed by atoms with van der Waals surface area (Å²) in [6, 6.07) is 57.3. The zero-order chi connectivity index (χ0) is 34.6. The van der Waals surface area contributed by atoms with Crippen molar-refractivity contribution in [3.8, 4) is 73.2 Å². The summed E-state index contributed by atoms with van der Waals surface area (Å²) < 4.78 is 2.23. The molecule has 11 rings (SSSR count). The molecule has 0 fully saturated rings. The zero-order valence-corrected chi connectivity index (χ0v) is 29.8. The van der Waals surface area contributed by atoms with Gasteiger partial charge in [0.2, 0.25) is 5.95 Å². The largest absolute Gasteiger partial charge is 0.278 e. The molecular formula is C47H32N4Si. The van der Waals surface area contributed by atoms with Crippen LogP contribution in [-0.4, -0.2) is 27.6 Å². The summed E-state index contributed by atoms with van der Waals surface area (Å²) in [4.78, 5) is 15.9. The Morgan fingerprint density at radius 1 is 0.385 bits per heavy atom. The molecular weight excluding hydrogens is 649 g/mol. The summed E-state index contributed by atoms with van der Waals surface area (Å²) in [5.41, 5.74) is 13.7. The van der Waals surface area contributed by atoms with Gasteiger partial charge in [-0.1, -0.05) is 140 Å². The maximum Gasteiger partial charge on any atom is 0.238 e. The minimum Gasteiger partial charge on any atom is -0.278 e. The van der Waals surface area contributed by atoms with Gasteiger partial charge in [-0.25, -0.2) is 4.98 Å². The topological polar surface area (TPSA) is 43.6 Å². The van der Waals surface area contributed by atoms with Gasteiger partial charge in [-0.2, -0.15) is 9.97 Å². The Bertz CT molecular complexity index is 2950. The van der Waals surface area contributed by atoms with Crippen molar-refractivity contribution in [3.05, 3.63) is 158 Å². The number of hydrogen-bond donors (Lipinski definition) is 0. The van der Waals surface area contributed by atoms with Crippen LogP contribution >= 0.6 is 0 Å².